The molecular weight excluding hydrogens is 342 g/mol. The van der Waals surface area contributed by atoms with Gasteiger partial charge in [-0.15, -0.1) is 11.3 Å². The highest BCUT2D eigenvalue weighted by atomic mass is 32.1. The smallest absolute Gasteiger partial charge is 0.315 e. The highest BCUT2D eigenvalue weighted by Gasteiger charge is 2.18. The Labute approximate surface area is 159 Å². The molecule has 26 heavy (non-hydrogen) atoms. The zero-order valence-electron chi connectivity index (χ0n) is 15.7. The first-order chi connectivity index (χ1) is 12.6. The number of carbonyl (C=O) groups excluding carboxylic acids is 1. The number of nitrogens with zero attached hydrogens (tertiary/aromatic N) is 1. The Morgan fingerprint density at radius 2 is 1.96 bits per heavy atom. The number of amides is 2. The fourth-order valence-corrected chi connectivity index (χ4v) is 4.09. The molecule has 0 aliphatic carbocycles. The van der Waals surface area contributed by atoms with E-state index in [1.807, 2.05) is 0 Å². The van der Waals surface area contributed by atoms with Gasteiger partial charge in [-0.05, 0) is 36.8 Å². The third-order valence-electron chi connectivity index (χ3n) is 4.58. The molecule has 2 aromatic heterocycles. The van der Waals surface area contributed by atoms with E-state index in [-0.39, 0.29) is 6.03 Å². The van der Waals surface area contributed by atoms with Crippen molar-refractivity contribution in [3.05, 3.63) is 47.3 Å². The van der Waals surface area contributed by atoms with Gasteiger partial charge in [0.15, 0.2) is 0 Å². The van der Waals surface area contributed by atoms with Crippen LogP contribution in [0.1, 0.15) is 32.8 Å². The van der Waals surface area contributed by atoms with E-state index in [2.05, 4.69) is 77.8 Å². The number of aromatic nitrogens is 1. The van der Waals surface area contributed by atoms with Gasteiger partial charge >= 0.3 is 6.03 Å². The standard InChI is InChI=1S/C21H27N3OS/c1-4-24-18-9-6-5-8-16(18)17(20(24)19-10-7-13-26-19)14-23-21(25)22-12-11-15(2)3/h5-10,13,15H,4,11-12,14H2,1-3H3,(H2,22,23,25). The van der Waals surface area contributed by atoms with Crippen LogP contribution in [-0.4, -0.2) is 17.1 Å². The molecule has 1 aromatic carbocycles. The number of hydrogen-bond acceptors (Lipinski definition) is 2. The van der Waals surface area contributed by atoms with Crippen molar-refractivity contribution in [2.75, 3.05) is 6.54 Å². The number of urea groups is 1. The number of hydrogen-bond donors (Lipinski definition) is 2. The highest BCUT2D eigenvalue weighted by Crippen LogP contribution is 2.36. The van der Waals surface area contributed by atoms with Crippen molar-refractivity contribution in [1.29, 1.82) is 0 Å². The monoisotopic (exact) mass is 369 g/mol. The van der Waals surface area contributed by atoms with Gasteiger partial charge in [-0.25, -0.2) is 4.79 Å². The van der Waals surface area contributed by atoms with Crippen LogP contribution in [0.15, 0.2) is 41.8 Å². The zero-order valence-corrected chi connectivity index (χ0v) is 16.5. The van der Waals surface area contributed by atoms with Gasteiger partial charge in [0, 0.05) is 36.1 Å². The number of benzene rings is 1. The summed E-state index contributed by atoms with van der Waals surface area (Å²) >= 11 is 1.74. The van der Waals surface area contributed by atoms with Crippen LogP contribution in [0.25, 0.3) is 21.5 Å². The van der Waals surface area contributed by atoms with E-state index < -0.39 is 0 Å². The zero-order chi connectivity index (χ0) is 18.5. The highest BCUT2D eigenvalue weighted by molar-refractivity contribution is 7.13. The Hall–Kier alpha value is -2.27. The van der Waals surface area contributed by atoms with Crippen molar-refractivity contribution in [2.24, 2.45) is 5.92 Å². The summed E-state index contributed by atoms with van der Waals surface area (Å²) in [6.07, 6.45) is 0.989. The summed E-state index contributed by atoms with van der Waals surface area (Å²) in [5.41, 5.74) is 3.62. The molecule has 138 valence electrons. The third-order valence-corrected chi connectivity index (χ3v) is 5.46. The lowest BCUT2D eigenvalue weighted by atomic mass is 10.1. The average Bonchev–Trinajstić information content (AvgIpc) is 3.25. The van der Waals surface area contributed by atoms with Crippen LogP contribution in [0.3, 0.4) is 0 Å². The molecule has 0 saturated heterocycles. The van der Waals surface area contributed by atoms with Gasteiger partial charge in [0.1, 0.15) is 0 Å². The Morgan fingerprint density at radius 1 is 1.15 bits per heavy atom. The van der Waals surface area contributed by atoms with Crippen molar-refractivity contribution in [1.82, 2.24) is 15.2 Å². The largest absolute Gasteiger partial charge is 0.340 e. The van der Waals surface area contributed by atoms with Crippen LogP contribution in [0.2, 0.25) is 0 Å². The molecule has 0 unspecified atom stereocenters. The summed E-state index contributed by atoms with van der Waals surface area (Å²) in [6.45, 7) is 8.61. The number of fused-ring (bicyclic) bond motifs is 1. The van der Waals surface area contributed by atoms with E-state index in [4.69, 9.17) is 0 Å². The molecule has 0 aliphatic rings. The molecule has 3 aromatic rings. The minimum atomic E-state index is -0.101. The Bertz CT molecular complexity index is 865. The molecule has 2 amide bonds. The maximum absolute atomic E-state index is 12.2. The van der Waals surface area contributed by atoms with Crippen LogP contribution < -0.4 is 10.6 Å². The first-order valence-corrected chi connectivity index (χ1v) is 10.2. The molecule has 0 fully saturated rings. The molecule has 3 rings (SSSR count). The van der Waals surface area contributed by atoms with Crippen molar-refractivity contribution < 1.29 is 4.79 Å². The van der Waals surface area contributed by atoms with E-state index in [0.717, 1.165) is 13.0 Å². The predicted octanol–water partition coefficient (Wildman–Crippen LogP) is 5.24. The maximum Gasteiger partial charge on any atom is 0.315 e. The maximum atomic E-state index is 12.2. The molecule has 0 bridgehead atoms. The molecular formula is C21H27N3OS. The van der Waals surface area contributed by atoms with E-state index in [9.17, 15) is 4.79 Å². The van der Waals surface area contributed by atoms with Crippen molar-refractivity contribution in [3.8, 4) is 10.6 Å². The lowest BCUT2D eigenvalue weighted by Crippen LogP contribution is -2.36. The summed E-state index contributed by atoms with van der Waals surface area (Å²) in [4.78, 5) is 13.4. The molecule has 0 saturated carbocycles. The summed E-state index contributed by atoms with van der Waals surface area (Å²) in [7, 11) is 0. The second kappa shape index (κ2) is 8.41. The summed E-state index contributed by atoms with van der Waals surface area (Å²) in [5.74, 6) is 0.586. The number of aryl methyl sites for hydroxylation is 1. The normalized spacial score (nSPS) is 11.2. The topological polar surface area (TPSA) is 46.1 Å². The Kier molecular flexibility index (Phi) is 5.99. The number of rotatable bonds is 7. The average molecular weight is 370 g/mol. The van der Waals surface area contributed by atoms with Crippen LogP contribution in [-0.2, 0) is 13.1 Å². The van der Waals surface area contributed by atoms with E-state index in [1.54, 1.807) is 11.3 Å². The molecule has 0 atom stereocenters. The summed E-state index contributed by atoms with van der Waals surface area (Å²) in [6, 6.07) is 12.6. The number of para-hydroxylation sites is 1. The molecule has 4 nitrogen and oxygen atoms in total. The minimum Gasteiger partial charge on any atom is -0.340 e. The Morgan fingerprint density at radius 3 is 2.65 bits per heavy atom. The van der Waals surface area contributed by atoms with Gasteiger partial charge in [-0.2, -0.15) is 0 Å². The molecule has 0 spiro atoms. The van der Waals surface area contributed by atoms with Crippen molar-refractivity contribution in [2.45, 2.75) is 40.3 Å². The van der Waals surface area contributed by atoms with Gasteiger partial charge in [0.2, 0.25) is 0 Å². The molecule has 5 heteroatoms. The summed E-state index contributed by atoms with van der Waals surface area (Å²) < 4.78 is 2.34. The van der Waals surface area contributed by atoms with Crippen LogP contribution in [0.4, 0.5) is 4.79 Å². The van der Waals surface area contributed by atoms with E-state index in [1.165, 1.54) is 27.0 Å². The van der Waals surface area contributed by atoms with Crippen molar-refractivity contribution in [3.63, 3.8) is 0 Å². The third kappa shape index (κ3) is 3.93. The fraction of sp³-hybridized carbons (Fsp3) is 0.381. The second-order valence-electron chi connectivity index (χ2n) is 6.86. The van der Waals surface area contributed by atoms with Gasteiger partial charge in [-0.3, -0.25) is 0 Å². The first kappa shape index (κ1) is 18.5. The minimum absolute atomic E-state index is 0.101. The van der Waals surface area contributed by atoms with Crippen LogP contribution in [0, 0.1) is 5.92 Å². The van der Waals surface area contributed by atoms with Gasteiger partial charge in [0.25, 0.3) is 0 Å². The number of thiophene rings is 1. The predicted molar refractivity (Wildman–Crippen MR) is 111 cm³/mol. The lowest BCUT2D eigenvalue weighted by molar-refractivity contribution is 0.240. The molecule has 2 heterocycles. The quantitative estimate of drug-likeness (QED) is 0.588. The van der Waals surface area contributed by atoms with Crippen LogP contribution >= 0.6 is 11.3 Å². The van der Waals surface area contributed by atoms with Crippen molar-refractivity contribution >= 4 is 28.3 Å². The van der Waals surface area contributed by atoms with E-state index in [0.29, 0.717) is 19.0 Å². The molecule has 0 aliphatic heterocycles. The van der Waals surface area contributed by atoms with Gasteiger partial charge in [0.05, 0.1) is 10.6 Å². The van der Waals surface area contributed by atoms with Crippen LogP contribution in [0.5, 0.6) is 0 Å². The SMILES string of the molecule is CCn1c(-c2cccs2)c(CNC(=O)NCCC(C)C)c2ccccc21. The Balaban J connectivity index is 1.87. The van der Waals surface area contributed by atoms with Gasteiger partial charge in [-0.1, -0.05) is 38.1 Å². The first-order valence-electron chi connectivity index (χ1n) is 9.27. The van der Waals surface area contributed by atoms with E-state index >= 15 is 0 Å². The lowest BCUT2D eigenvalue weighted by Gasteiger charge is -2.11. The summed E-state index contributed by atoms with van der Waals surface area (Å²) in [5, 5.41) is 9.31. The second-order valence-corrected chi connectivity index (χ2v) is 7.81. The number of carbonyl (C=O) groups is 1. The fourth-order valence-electron chi connectivity index (χ4n) is 3.28. The number of nitrogens with one attached hydrogen (secondary N) is 2. The molecule has 0 radical (unpaired) electrons. The van der Waals surface area contributed by atoms with Gasteiger partial charge < -0.3 is 15.2 Å². The molecule has 2 N–H and O–H groups in total.